The van der Waals surface area contributed by atoms with Crippen LogP contribution in [0.15, 0.2) is 11.6 Å². The van der Waals surface area contributed by atoms with E-state index in [1.54, 1.807) is 0 Å². The standard InChI is InChI=1S/C9H14F3NO3.C2H6/c1-6(9(10,11)12)4-5-7(14)8(15)13(2)16-3;1-2/h4,7,14H,5H2,1-3H3;1-2H3/b6-4+;/t7-;/m0./s1. The summed E-state index contributed by atoms with van der Waals surface area (Å²) < 4.78 is 36.2. The highest BCUT2D eigenvalue weighted by Crippen LogP contribution is 2.25. The summed E-state index contributed by atoms with van der Waals surface area (Å²) in [7, 11) is 2.47. The third-order valence-corrected chi connectivity index (χ3v) is 1.96. The lowest BCUT2D eigenvalue weighted by Gasteiger charge is -2.17. The van der Waals surface area contributed by atoms with Crippen LogP contribution in [0.3, 0.4) is 0 Å². The third kappa shape index (κ3) is 7.29. The molecule has 0 spiro atoms. The van der Waals surface area contributed by atoms with E-state index < -0.39 is 30.2 Å². The molecule has 0 unspecified atom stereocenters. The van der Waals surface area contributed by atoms with Crippen LogP contribution in [0.1, 0.15) is 27.2 Å². The number of hydrogen-bond donors (Lipinski definition) is 1. The first-order valence-electron chi connectivity index (χ1n) is 5.43. The predicted octanol–water partition coefficient (Wildman–Crippen LogP) is 2.29. The van der Waals surface area contributed by atoms with E-state index in [-0.39, 0.29) is 0 Å². The summed E-state index contributed by atoms with van der Waals surface area (Å²) in [5, 5.41) is 10.0. The largest absolute Gasteiger partial charge is 0.412 e. The summed E-state index contributed by atoms with van der Waals surface area (Å²) in [5.41, 5.74) is -0.848. The number of aliphatic hydroxyl groups is 1. The van der Waals surface area contributed by atoms with E-state index in [9.17, 15) is 23.1 Å². The molecule has 0 fully saturated rings. The van der Waals surface area contributed by atoms with Gasteiger partial charge in [0.15, 0.2) is 0 Å². The van der Waals surface area contributed by atoms with Crippen LogP contribution in [-0.2, 0) is 9.63 Å². The van der Waals surface area contributed by atoms with Crippen LogP contribution in [0.25, 0.3) is 0 Å². The summed E-state index contributed by atoms with van der Waals surface area (Å²) in [4.78, 5) is 15.7. The fourth-order valence-electron chi connectivity index (χ4n) is 0.805. The molecule has 108 valence electrons. The first kappa shape index (κ1) is 19.3. The molecule has 0 heterocycles. The maximum Gasteiger partial charge on any atom is 0.412 e. The lowest BCUT2D eigenvalue weighted by molar-refractivity contribution is -0.177. The number of carbonyl (C=O) groups excluding carboxylic acids is 1. The number of halogens is 3. The van der Waals surface area contributed by atoms with Gasteiger partial charge in [0.25, 0.3) is 5.91 Å². The van der Waals surface area contributed by atoms with Gasteiger partial charge in [-0.1, -0.05) is 19.9 Å². The number of carbonyl (C=O) groups is 1. The van der Waals surface area contributed by atoms with Crippen LogP contribution in [0.2, 0.25) is 0 Å². The molecule has 0 saturated carbocycles. The van der Waals surface area contributed by atoms with Crippen molar-refractivity contribution in [3.05, 3.63) is 11.6 Å². The number of allylic oxidation sites excluding steroid dienone is 1. The van der Waals surface area contributed by atoms with Gasteiger partial charge in [0.2, 0.25) is 0 Å². The second-order valence-corrected chi connectivity index (χ2v) is 3.15. The minimum Gasteiger partial charge on any atom is -0.383 e. The predicted molar refractivity (Wildman–Crippen MR) is 61.6 cm³/mol. The highest BCUT2D eigenvalue weighted by Gasteiger charge is 2.30. The number of aliphatic hydroxyl groups excluding tert-OH is 1. The third-order valence-electron chi connectivity index (χ3n) is 1.96. The Morgan fingerprint density at radius 2 is 1.89 bits per heavy atom. The van der Waals surface area contributed by atoms with Gasteiger partial charge in [-0.25, -0.2) is 5.06 Å². The maximum absolute atomic E-state index is 12.1. The molecule has 1 atom stereocenters. The van der Waals surface area contributed by atoms with Gasteiger partial charge in [0, 0.05) is 19.0 Å². The van der Waals surface area contributed by atoms with Crippen molar-refractivity contribution < 1.29 is 27.9 Å². The molecule has 0 aliphatic heterocycles. The quantitative estimate of drug-likeness (QED) is 0.630. The Morgan fingerprint density at radius 1 is 1.44 bits per heavy atom. The first-order chi connectivity index (χ1) is 8.20. The van der Waals surface area contributed by atoms with Gasteiger partial charge in [-0.3, -0.25) is 9.63 Å². The van der Waals surface area contributed by atoms with E-state index >= 15 is 0 Å². The lowest BCUT2D eigenvalue weighted by atomic mass is 10.1. The van der Waals surface area contributed by atoms with Crippen molar-refractivity contribution in [3.63, 3.8) is 0 Å². The Hall–Kier alpha value is -1.08. The average Bonchev–Trinajstić information content (AvgIpc) is 2.34. The zero-order chi connectivity index (χ0) is 14.9. The zero-order valence-corrected chi connectivity index (χ0v) is 11.2. The van der Waals surface area contributed by atoms with E-state index in [0.717, 1.165) is 18.1 Å². The Balaban J connectivity index is 0. The number of nitrogens with zero attached hydrogens (tertiary/aromatic N) is 1. The SMILES string of the molecule is CC.CON(C)C(=O)[C@@H](O)C/C=C(\C)C(F)(F)F. The number of likely N-dealkylation sites (N-methyl/N-ethyl adjacent to an activating group) is 1. The van der Waals surface area contributed by atoms with E-state index in [1.165, 1.54) is 14.2 Å². The van der Waals surface area contributed by atoms with Crippen molar-refractivity contribution >= 4 is 5.91 Å². The summed E-state index contributed by atoms with van der Waals surface area (Å²) in [6, 6.07) is 0. The molecule has 0 aliphatic rings. The van der Waals surface area contributed by atoms with E-state index in [0.29, 0.717) is 0 Å². The number of hydrogen-bond acceptors (Lipinski definition) is 3. The van der Waals surface area contributed by atoms with Gasteiger partial charge >= 0.3 is 6.18 Å². The fraction of sp³-hybridized carbons (Fsp3) is 0.727. The topological polar surface area (TPSA) is 49.8 Å². The molecule has 0 aromatic carbocycles. The molecule has 4 nitrogen and oxygen atoms in total. The molecule has 0 radical (unpaired) electrons. The molecule has 0 aliphatic carbocycles. The van der Waals surface area contributed by atoms with Gasteiger partial charge in [0.05, 0.1) is 7.11 Å². The Bertz CT molecular complexity index is 277. The normalized spacial score (nSPS) is 13.5. The molecule has 1 N–H and O–H groups in total. The summed E-state index contributed by atoms with van der Waals surface area (Å²) in [6.07, 6.45) is -5.61. The molecule has 7 heteroatoms. The fourth-order valence-corrected chi connectivity index (χ4v) is 0.805. The van der Waals surface area contributed by atoms with Crippen LogP contribution in [-0.4, -0.2) is 42.5 Å². The minimum absolute atomic E-state index is 0.405. The molecule has 0 aromatic heterocycles. The van der Waals surface area contributed by atoms with E-state index in [2.05, 4.69) is 4.84 Å². The van der Waals surface area contributed by atoms with Gasteiger partial charge in [-0.05, 0) is 6.92 Å². The number of alkyl halides is 3. The maximum atomic E-state index is 12.1. The molecule has 0 saturated heterocycles. The molecular formula is C11H20F3NO3. The van der Waals surface area contributed by atoms with Crippen molar-refractivity contribution in [1.82, 2.24) is 5.06 Å². The van der Waals surface area contributed by atoms with Crippen molar-refractivity contribution in [3.8, 4) is 0 Å². The Morgan fingerprint density at radius 3 is 2.22 bits per heavy atom. The van der Waals surface area contributed by atoms with Crippen LogP contribution in [0.4, 0.5) is 13.2 Å². The number of hydroxylamine groups is 2. The summed E-state index contributed by atoms with van der Waals surface area (Å²) in [6.45, 7) is 4.87. The minimum atomic E-state index is -4.43. The molecule has 0 rings (SSSR count). The van der Waals surface area contributed by atoms with Gasteiger partial charge in [-0.2, -0.15) is 13.2 Å². The van der Waals surface area contributed by atoms with Gasteiger partial charge < -0.3 is 5.11 Å². The van der Waals surface area contributed by atoms with Crippen molar-refractivity contribution in [2.75, 3.05) is 14.2 Å². The molecule has 18 heavy (non-hydrogen) atoms. The Kier molecular flexibility index (Phi) is 9.56. The second-order valence-electron chi connectivity index (χ2n) is 3.15. The molecule has 1 amide bonds. The Labute approximate surface area is 105 Å². The first-order valence-corrected chi connectivity index (χ1v) is 5.43. The van der Waals surface area contributed by atoms with Gasteiger partial charge in [0.1, 0.15) is 6.10 Å². The van der Waals surface area contributed by atoms with E-state index in [1.807, 2.05) is 13.8 Å². The summed E-state index contributed by atoms with van der Waals surface area (Å²) in [5.74, 6) is -0.797. The van der Waals surface area contributed by atoms with Crippen LogP contribution in [0.5, 0.6) is 0 Å². The van der Waals surface area contributed by atoms with Gasteiger partial charge in [-0.15, -0.1) is 0 Å². The zero-order valence-electron chi connectivity index (χ0n) is 11.2. The van der Waals surface area contributed by atoms with Crippen molar-refractivity contribution in [1.29, 1.82) is 0 Å². The monoisotopic (exact) mass is 271 g/mol. The van der Waals surface area contributed by atoms with Crippen LogP contribution >= 0.6 is 0 Å². The van der Waals surface area contributed by atoms with E-state index in [4.69, 9.17) is 0 Å². The summed E-state index contributed by atoms with van der Waals surface area (Å²) >= 11 is 0. The molecule has 0 bridgehead atoms. The second kappa shape index (κ2) is 8.93. The van der Waals surface area contributed by atoms with Crippen molar-refractivity contribution in [2.24, 2.45) is 0 Å². The number of amides is 1. The van der Waals surface area contributed by atoms with Crippen molar-refractivity contribution in [2.45, 2.75) is 39.5 Å². The van der Waals surface area contributed by atoms with Crippen LogP contribution < -0.4 is 0 Å². The smallest absolute Gasteiger partial charge is 0.383 e. The highest BCUT2D eigenvalue weighted by atomic mass is 19.4. The molecule has 0 aromatic rings. The van der Waals surface area contributed by atoms with Crippen LogP contribution in [0, 0.1) is 0 Å². The number of rotatable bonds is 4. The average molecular weight is 271 g/mol. The lowest BCUT2D eigenvalue weighted by Crippen LogP contribution is -2.35. The molecular weight excluding hydrogens is 251 g/mol. The highest BCUT2D eigenvalue weighted by molar-refractivity contribution is 5.79.